The summed E-state index contributed by atoms with van der Waals surface area (Å²) in [5.74, 6) is 0.154. The van der Waals surface area contributed by atoms with Crippen LogP contribution in [0.5, 0.6) is 0 Å². The fourth-order valence-corrected chi connectivity index (χ4v) is 3.50. The van der Waals surface area contributed by atoms with Crippen LogP contribution in [0.1, 0.15) is 34.6 Å². The molecule has 1 N–H and O–H groups in total. The predicted octanol–water partition coefficient (Wildman–Crippen LogP) is 2.74. The van der Waals surface area contributed by atoms with Gasteiger partial charge >= 0.3 is 0 Å². The van der Waals surface area contributed by atoms with Gasteiger partial charge in [0.1, 0.15) is 0 Å². The molecule has 6 nitrogen and oxygen atoms in total. The van der Waals surface area contributed by atoms with Gasteiger partial charge in [-0.3, -0.25) is 14.5 Å². The Labute approximate surface area is 156 Å². The molecule has 0 radical (unpaired) electrons. The summed E-state index contributed by atoms with van der Waals surface area (Å²) in [7, 11) is 1.73. The van der Waals surface area contributed by atoms with Crippen molar-refractivity contribution in [1.82, 2.24) is 4.90 Å². The normalized spacial score (nSPS) is 22.1. The number of amides is 2. The maximum atomic E-state index is 12.9. The Kier molecular flexibility index (Phi) is 6.78. The fourth-order valence-electron chi connectivity index (χ4n) is 3.50. The topological polar surface area (TPSA) is 61.9 Å². The number of carbonyl (C=O) groups excluding carboxylic acids is 2. The first-order valence-corrected chi connectivity index (χ1v) is 9.23. The number of ether oxygens (including phenoxy) is 1. The van der Waals surface area contributed by atoms with Gasteiger partial charge in [-0.15, -0.1) is 0 Å². The number of morpholine rings is 1. The summed E-state index contributed by atoms with van der Waals surface area (Å²) in [5.41, 5.74) is 1.53. The maximum absolute atomic E-state index is 12.9. The summed E-state index contributed by atoms with van der Waals surface area (Å²) >= 11 is 0. The van der Waals surface area contributed by atoms with Crippen molar-refractivity contribution in [2.24, 2.45) is 5.92 Å². The molecule has 6 heteroatoms. The molecule has 1 heterocycles. The van der Waals surface area contributed by atoms with E-state index in [4.69, 9.17) is 4.74 Å². The van der Waals surface area contributed by atoms with E-state index in [2.05, 4.69) is 24.1 Å². The molecule has 1 aromatic rings. The molecule has 3 atom stereocenters. The van der Waals surface area contributed by atoms with Crippen LogP contribution in [0.2, 0.25) is 0 Å². The smallest absolute Gasteiger partial charge is 0.241 e. The second kappa shape index (κ2) is 8.64. The van der Waals surface area contributed by atoms with Crippen LogP contribution in [0.25, 0.3) is 0 Å². The van der Waals surface area contributed by atoms with Crippen LogP contribution in [0.4, 0.5) is 11.4 Å². The zero-order valence-corrected chi connectivity index (χ0v) is 16.7. The van der Waals surface area contributed by atoms with Gasteiger partial charge < -0.3 is 15.0 Å². The van der Waals surface area contributed by atoms with Crippen LogP contribution < -0.4 is 10.2 Å². The summed E-state index contributed by atoms with van der Waals surface area (Å²) in [4.78, 5) is 28.2. The van der Waals surface area contributed by atoms with Gasteiger partial charge in [0.05, 0.1) is 18.2 Å². The molecule has 0 bridgehead atoms. The van der Waals surface area contributed by atoms with Gasteiger partial charge in [0, 0.05) is 38.4 Å². The molecular weight excluding hydrogens is 330 g/mol. The third-order valence-corrected chi connectivity index (χ3v) is 4.74. The van der Waals surface area contributed by atoms with Gasteiger partial charge in [0.25, 0.3) is 0 Å². The highest BCUT2D eigenvalue weighted by Gasteiger charge is 2.34. The summed E-state index contributed by atoms with van der Waals surface area (Å²) in [6.07, 6.45) is 0.239. The Balaban J connectivity index is 2.09. The van der Waals surface area contributed by atoms with Gasteiger partial charge in [-0.25, -0.2) is 0 Å². The minimum atomic E-state index is -0.205. The van der Waals surface area contributed by atoms with Crippen LogP contribution in [-0.2, 0) is 14.3 Å². The van der Waals surface area contributed by atoms with Gasteiger partial charge in [0.2, 0.25) is 11.8 Å². The maximum Gasteiger partial charge on any atom is 0.241 e. The lowest BCUT2D eigenvalue weighted by atomic mass is 9.99. The monoisotopic (exact) mass is 361 g/mol. The Morgan fingerprint density at radius 3 is 2.15 bits per heavy atom. The number of anilines is 2. The van der Waals surface area contributed by atoms with Crippen molar-refractivity contribution in [3.8, 4) is 0 Å². The SMILES string of the molecule is CC(=O)N(C)c1ccc(NC(=O)C(C(C)C)N2CC(C)OC(C)C2)cc1. The van der Waals surface area contributed by atoms with E-state index in [1.165, 1.54) is 6.92 Å². The molecular formula is C20H31N3O3. The quantitative estimate of drug-likeness (QED) is 0.876. The largest absolute Gasteiger partial charge is 0.373 e. The third-order valence-electron chi connectivity index (χ3n) is 4.74. The molecule has 26 heavy (non-hydrogen) atoms. The number of hydrogen-bond donors (Lipinski definition) is 1. The van der Waals surface area contributed by atoms with E-state index in [1.54, 1.807) is 11.9 Å². The number of benzene rings is 1. The molecule has 0 aliphatic carbocycles. The molecule has 2 rings (SSSR count). The zero-order valence-electron chi connectivity index (χ0n) is 16.7. The molecule has 1 aliphatic rings. The van der Waals surface area contributed by atoms with E-state index in [0.29, 0.717) is 0 Å². The van der Waals surface area contributed by atoms with E-state index < -0.39 is 0 Å². The molecule has 0 saturated carbocycles. The minimum Gasteiger partial charge on any atom is -0.373 e. The Morgan fingerprint density at radius 1 is 1.15 bits per heavy atom. The van der Waals surface area contributed by atoms with Gasteiger partial charge in [0.15, 0.2) is 0 Å². The lowest BCUT2D eigenvalue weighted by Gasteiger charge is -2.41. The molecule has 1 aromatic carbocycles. The highest BCUT2D eigenvalue weighted by molar-refractivity contribution is 5.96. The number of carbonyl (C=O) groups is 2. The van der Waals surface area contributed by atoms with Crippen LogP contribution in [-0.4, -0.2) is 55.1 Å². The standard InChI is InChI=1S/C20H31N3O3/c1-13(2)19(23-11-14(3)26-15(4)12-23)20(25)21-17-7-9-18(10-8-17)22(6)16(5)24/h7-10,13-15,19H,11-12H2,1-6H3,(H,21,25). The predicted molar refractivity (Wildman–Crippen MR) is 104 cm³/mol. The van der Waals surface area contributed by atoms with Crippen molar-refractivity contribution < 1.29 is 14.3 Å². The van der Waals surface area contributed by atoms with E-state index in [-0.39, 0.29) is 36.0 Å². The van der Waals surface area contributed by atoms with E-state index >= 15 is 0 Å². The summed E-state index contributed by atoms with van der Waals surface area (Å²) in [6.45, 7) is 11.3. The molecule has 1 fully saturated rings. The second-order valence-corrected chi connectivity index (χ2v) is 7.51. The van der Waals surface area contributed by atoms with E-state index in [1.807, 2.05) is 38.1 Å². The van der Waals surface area contributed by atoms with Gasteiger partial charge in [-0.05, 0) is 44.0 Å². The average Bonchev–Trinajstić information content (AvgIpc) is 2.53. The molecule has 2 amide bonds. The fraction of sp³-hybridized carbons (Fsp3) is 0.600. The molecule has 0 spiro atoms. The number of nitrogens with zero attached hydrogens (tertiary/aromatic N) is 2. The summed E-state index contributed by atoms with van der Waals surface area (Å²) < 4.78 is 5.79. The van der Waals surface area contributed by atoms with E-state index in [0.717, 1.165) is 24.5 Å². The Morgan fingerprint density at radius 2 is 1.69 bits per heavy atom. The highest BCUT2D eigenvalue weighted by Crippen LogP contribution is 2.21. The van der Waals surface area contributed by atoms with E-state index in [9.17, 15) is 9.59 Å². The summed E-state index contributed by atoms with van der Waals surface area (Å²) in [6, 6.07) is 7.12. The van der Waals surface area contributed by atoms with Crippen molar-refractivity contribution in [1.29, 1.82) is 0 Å². The minimum absolute atomic E-state index is 0.00558. The van der Waals surface area contributed by atoms with Crippen molar-refractivity contribution in [2.45, 2.75) is 52.9 Å². The highest BCUT2D eigenvalue weighted by atomic mass is 16.5. The molecule has 0 aromatic heterocycles. The molecule has 3 unspecified atom stereocenters. The zero-order chi connectivity index (χ0) is 19.4. The first-order chi connectivity index (χ1) is 12.2. The Bertz CT molecular complexity index is 620. The summed E-state index contributed by atoms with van der Waals surface area (Å²) in [5, 5.41) is 3.02. The van der Waals surface area contributed by atoms with Crippen LogP contribution in [0.15, 0.2) is 24.3 Å². The lowest BCUT2D eigenvalue weighted by molar-refractivity contribution is -0.130. The van der Waals surface area contributed by atoms with Crippen molar-refractivity contribution in [3.05, 3.63) is 24.3 Å². The van der Waals surface area contributed by atoms with Crippen molar-refractivity contribution in [2.75, 3.05) is 30.4 Å². The second-order valence-electron chi connectivity index (χ2n) is 7.51. The van der Waals surface area contributed by atoms with Crippen molar-refractivity contribution >= 4 is 23.2 Å². The molecule has 144 valence electrons. The Hall–Kier alpha value is -1.92. The van der Waals surface area contributed by atoms with Gasteiger partial charge in [-0.1, -0.05) is 13.8 Å². The third kappa shape index (κ3) is 5.05. The van der Waals surface area contributed by atoms with Crippen molar-refractivity contribution in [3.63, 3.8) is 0 Å². The number of nitrogens with one attached hydrogen (secondary N) is 1. The first-order valence-electron chi connectivity index (χ1n) is 9.23. The lowest BCUT2D eigenvalue weighted by Crippen LogP contribution is -2.55. The number of hydrogen-bond acceptors (Lipinski definition) is 4. The van der Waals surface area contributed by atoms with Crippen LogP contribution in [0, 0.1) is 5.92 Å². The number of rotatable bonds is 5. The van der Waals surface area contributed by atoms with Gasteiger partial charge in [-0.2, -0.15) is 0 Å². The molecule has 1 aliphatic heterocycles. The van der Waals surface area contributed by atoms with Crippen LogP contribution in [0.3, 0.4) is 0 Å². The first kappa shape index (κ1) is 20.4. The average molecular weight is 361 g/mol. The van der Waals surface area contributed by atoms with Crippen LogP contribution >= 0.6 is 0 Å². The molecule has 1 saturated heterocycles.